The van der Waals surface area contributed by atoms with Crippen LogP contribution in [-0.4, -0.2) is 99.4 Å². The minimum atomic E-state index is -4.99. The van der Waals surface area contributed by atoms with Crippen LogP contribution < -0.4 is 14.5 Å². The highest BCUT2D eigenvalue weighted by atomic mass is 19.4. The van der Waals surface area contributed by atoms with Crippen molar-refractivity contribution in [1.29, 1.82) is 5.26 Å². The fraction of sp³-hybridized carbons (Fsp3) is 0.500. The van der Waals surface area contributed by atoms with Gasteiger partial charge < -0.3 is 24.5 Å². The van der Waals surface area contributed by atoms with E-state index < -0.39 is 47.6 Å². The Bertz CT molecular complexity index is 1520. The van der Waals surface area contributed by atoms with Crippen molar-refractivity contribution in [3.63, 3.8) is 0 Å². The molecule has 0 spiro atoms. The third-order valence-electron chi connectivity index (χ3n) is 8.11. The number of nitrogens with zero attached hydrogens (tertiary/aromatic N) is 8. The Morgan fingerprint density at radius 1 is 1.13 bits per heavy atom. The number of hydrogen-bond donors (Lipinski definition) is 1. The molecule has 0 aromatic carbocycles. The van der Waals surface area contributed by atoms with Crippen molar-refractivity contribution in [2.75, 3.05) is 49.1 Å². The van der Waals surface area contributed by atoms with Crippen molar-refractivity contribution < 1.29 is 41.4 Å². The predicted molar refractivity (Wildman–Crippen MR) is 148 cm³/mol. The molecule has 45 heavy (non-hydrogen) atoms. The largest absolute Gasteiger partial charge is 0.465 e. The molecular weight excluding hydrogens is 607 g/mol. The molecule has 5 heterocycles. The summed E-state index contributed by atoms with van der Waals surface area (Å²) >= 11 is 0. The number of rotatable bonds is 7. The molecule has 2 fully saturated rings. The summed E-state index contributed by atoms with van der Waals surface area (Å²) in [7, 11) is 0. The fourth-order valence-corrected chi connectivity index (χ4v) is 6.02. The second-order valence-electron chi connectivity index (χ2n) is 10.9. The Hall–Kier alpha value is -4.75. The molecule has 240 valence electrons. The standard InChI is InChI=1S/C28H29F5N8O4/c1-2-23(42)40-8-7-39(13-17(40)3-5-34)25-19-4-6-38(22-11-35-10-20(30)24(22)28(31,32)33)14-21(19)36-26(37-25)45-15-18-9-16(29)12-41(18)27(43)44/h2,10-11,16-18H,1,3-4,6-9,12-15H2,(H,43,44)/t16-,17+,18+/m1/s1. The van der Waals surface area contributed by atoms with Crippen molar-refractivity contribution in [2.24, 2.45) is 0 Å². The summed E-state index contributed by atoms with van der Waals surface area (Å²) in [5.74, 6) is -1.48. The minimum absolute atomic E-state index is 0.0182. The monoisotopic (exact) mass is 636 g/mol. The molecule has 1 N–H and O–H groups in total. The topological polar surface area (TPSA) is 139 Å². The zero-order valence-electron chi connectivity index (χ0n) is 23.9. The van der Waals surface area contributed by atoms with Gasteiger partial charge in [0.1, 0.15) is 24.2 Å². The lowest BCUT2D eigenvalue weighted by Crippen LogP contribution is -2.55. The van der Waals surface area contributed by atoms with Gasteiger partial charge in [-0.15, -0.1) is 0 Å². The number of fused-ring (bicyclic) bond motifs is 1. The number of nitriles is 1. The Morgan fingerprint density at radius 3 is 2.60 bits per heavy atom. The van der Waals surface area contributed by atoms with Crippen molar-refractivity contribution in [3.05, 3.63) is 47.7 Å². The normalized spacial score (nSPS) is 21.7. The summed E-state index contributed by atoms with van der Waals surface area (Å²) in [6, 6.07) is 0.527. The number of aromatic nitrogens is 3. The smallest absolute Gasteiger partial charge is 0.421 e. The Labute approximate surface area is 254 Å². The molecule has 2 aromatic rings. The van der Waals surface area contributed by atoms with Gasteiger partial charge in [-0.3, -0.25) is 14.7 Å². The number of amides is 2. The van der Waals surface area contributed by atoms with Gasteiger partial charge in [0.05, 0.1) is 61.4 Å². The van der Waals surface area contributed by atoms with Gasteiger partial charge >= 0.3 is 18.3 Å². The zero-order chi connectivity index (χ0) is 32.5. The molecule has 3 atom stereocenters. The van der Waals surface area contributed by atoms with Crippen molar-refractivity contribution in [3.8, 4) is 12.1 Å². The average molecular weight is 637 g/mol. The molecule has 12 nitrogen and oxygen atoms in total. The number of carboxylic acid groups (broad SMARTS) is 1. The molecule has 17 heteroatoms. The summed E-state index contributed by atoms with van der Waals surface area (Å²) < 4.78 is 75.7. The number of carbonyl (C=O) groups is 2. The maximum atomic E-state index is 14.4. The van der Waals surface area contributed by atoms with E-state index in [0.717, 1.165) is 17.2 Å². The third kappa shape index (κ3) is 6.54. The lowest BCUT2D eigenvalue weighted by molar-refractivity contribution is -0.139. The van der Waals surface area contributed by atoms with E-state index in [9.17, 15) is 41.9 Å². The zero-order valence-corrected chi connectivity index (χ0v) is 23.9. The van der Waals surface area contributed by atoms with E-state index in [1.54, 1.807) is 0 Å². The van der Waals surface area contributed by atoms with Crippen LogP contribution in [0.1, 0.15) is 29.7 Å². The first kappa shape index (κ1) is 31.7. The molecule has 5 rings (SSSR count). The minimum Gasteiger partial charge on any atom is -0.465 e. The fourth-order valence-electron chi connectivity index (χ4n) is 6.02. The summed E-state index contributed by atoms with van der Waals surface area (Å²) in [6.45, 7) is 3.50. The highest BCUT2D eigenvalue weighted by Crippen LogP contribution is 2.40. The number of alkyl halides is 4. The van der Waals surface area contributed by atoms with Crippen LogP contribution in [0.3, 0.4) is 0 Å². The van der Waals surface area contributed by atoms with Gasteiger partial charge in [0.25, 0.3) is 0 Å². The highest BCUT2D eigenvalue weighted by Gasteiger charge is 2.41. The lowest BCUT2D eigenvalue weighted by atomic mass is 10.0. The first-order valence-corrected chi connectivity index (χ1v) is 14.1. The maximum Gasteiger partial charge on any atom is 0.421 e. The Kier molecular flexibility index (Phi) is 8.94. The van der Waals surface area contributed by atoms with Crippen LogP contribution >= 0.6 is 0 Å². The molecule has 2 amide bonds. The van der Waals surface area contributed by atoms with Gasteiger partial charge in [-0.1, -0.05) is 6.58 Å². The van der Waals surface area contributed by atoms with Gasteiger partial charge in [0, 0.05) is 38.2 Å². The van der Waals surface area contributed by atoms with Crippen LogP contribution in [-0.2, 0) is 23.9 Å². The SMILES string of the molecule is C=CC(=O)N1CCN(c2nc(OC[C@@H]3C[C@@H](F)CN3C(=O)O)nc3c2CCN(c2cncc(F)c2C(F)(F)F)C3)C[C@@H]1CC#N. The molecule has 0 aliphatic carbocycles. The molecule has 0 bridgehead atoms. The van der Waals surface area contributed by atoms with E-state index in [0.29, 0.717) is 24.1 Å². The number of pyridine rings is 1. The number of ether oxygens (including phenoxy) is 1. The summed E-state index contributed by atoms with van der Waals surface area (Å²) in [5, 5.41) is 18.9. The van der Waals surface area contributed by atoms with E-state index in [2.05, 4.69) is 27.6 Å². The molecule has 3 aliphatic rings. The van der Waals surface area contributed by atoms with Gasteiger partial charge in [-0.2, -0.15) is 28.4 Å². The van der Waals surface area contributed by atoms with E-state index >= 15 is 0 Å². The lowest BCUT2D eigenvalue weighted by Gasteiger charge is -2.42. The second-order valence-corrected chi connectivity index (χ2v) is 10.9. The van der Waals surface area contributed by atoms with E-state index in [4.69, 9.17) is 4.74 Å². The summed E-state index contributed by atoms with van der Waals surface area (Å²) in [6.07, 6.45) is -5.00. The van der Waals surface area contributed by atoms with Gasteiger partial charge in [0.15, 0.2) is 5.82 Å². The molecule has 0 radical (unpaired) electrons. The first-order chi connectivity index (χ1) is 21.4. The molecule has 0 unspecified atom stereocenters. The molecule has 3 aliphatic heterocycles. The molecule has 2 saturated heterocycles. The van der Waals surface area contributed by atoms with Gasteiger partial charge in [-0.25, -0.2) is 13.6 Å². The van der Waals surface area contributed by atoms with Gasteiger partial charge in [-0.05, 0) is 12.5 Å². The number of anilines is 2. The van der Waals surface area contributed by atoms with Crippen molar-refractivity contribution in [1.82, 2.24) is 24.8 Å². The van der Waals surface area contributed by atoms with Crippen LogP contribution in [0, 0.1) is 17.1 Å². The first-order valence-electron chi connectivity index (χ1n) is 14.1. The van der Waals surface area contributed by atoms with Crippen LogP contribution in [0.2, 0.25) is 0 Å². The predicted octanol–water partition coefficient (Wildman–Crippen LogP) is 3.18. The van der Waals surface area contributed by atoms with E-state index in [1.165, 1.54) is 9.80 Å². The maximum absolute atomic E-state index is 14.4. The highest BCUT2D eigenvalue weighted by molar-refractivity contribution is 5.87. The number of likely N-dealkylation sites (tertiary alicyclic amines) is 1. The average Bonchev–Trinajstić information content (AvgIpc) is 3.39. The molecular formula is C28H29F5N8O4. The van der Waals surface area contributed by atoms with Crippen LogP contribution in [0.4, 0.5) is 38.3 Å². The number of piperazine rings is 1. The number of carbonyl (C=O) groups excluding carboxylic acids is 1. The quantitative estimate of drug-likeness (QED) is 0.356. The van der Waals surface area contributed by atoms with Crippen molar-refractivity contribution >= 4 is 23.5 Å². The Balaban J connectivity index is 1.49. The second kappa shape index (κ2) is 12.7. The van der Waals surface area contributed by atoms with E-state index in [-0.39, 0.29) is 76.2 Å². The number of hydrogen-bond acceptors (Lipinski definition) is 9. The molecule has 2 aromatic heterocycles. The molecule has 0 saturated carbocycles. The van der Waals surface area contributed by atoms with Crippen LogP contribution in [0.5, 0.6) is 6.01 Å². The summed E-state index contributed by atoms with van der Waals surface area (Å²) in [4.78, 5) is 42.2. The van der Waals surface area contributed by atoms with Gasteiger partial charge in [0.2, 0.25) is 5.91 Å². The summed E-state index contributed by atoms with van der Waals surface area (Å²) in [5.41, 5.74) is -1.04. The van der Waals surface area contributed by atoms with E-state index in [1.807, 2.05) is 4.90 Å². The Morgan fingerprint density at radius 2 is 1.91 bits per heavy atom. The number of halogens is 5. The van der Waals surface area contributed by atoms with Crippen LogP contribution in [0.25, 0.3) is 0 Å². The van der Waals surface area contributed by atoms with Crippen molar-refractivity contribution in [2.45, 2.75) is 50.2 Å². The van der Waals surface area contributed by atoms with Crippen LogP contribution in [0.15, 0.2) is 25.0 Å². The third-order valence-corrected chi connectivity index (χ3v) is 8.11.